The van der Waals surface area contributed by atoms with Crippen molar-refractivity contribution in [1.82, 2.24) is 9.80 Å². The molecule has 0 saturated carbocycles. The van der Waals surface area contributed by atoms with Gasteiger partial charge in [-0.1, -0.05) is 56.3 Å². The number of likely N-dealkylation sites (tertiary alicyclic amines) is 1. The molecule has 0 bridgehead atoms. The van der Waals surface area contributed by atoms with Crippen LogP contribution in [0.4, 0.5) is 0 Å². The zero-order valence-electron chi connectivity index (χ0n) is 23.3. The molecule has 40 heavy (non-hydrogen) atoms. The van der Waals surface area contributed by atoms with Gasteiger partial charge in [0, 0.05) is 25.1 Å². The van der Waals surface area contributed by atoms with Gasteiger partial charge in [-0.25, -0.2) is 0 Å². The van der Waals surface area contributed by atoms with E-state index < -0.39 is 17.7 Å². The molecule has 208 valence electrons. The van der Waals surface area contributed by atoms with E-state index in [0.717, 1.165) is 36.4 Å². The van der Waals surface area contributed by atoms with Gasteiger partial charge in [0.1, 0.15) is 30.0 Å². The summed E-state index contributed by atoms with van der Waals surface area (Å²) in [4.78, 5) is 30.7. The summed E-state index contributed by atoms with van der Waals surface area (Å²) < 4.78 is 11.9. The second-order valence-electron chi connectivity index (χ2n) is 10.3. The Labute approximate surface area is 235 Å². The Morgan fingerprint density at radius 2 is 1.80 bits per heavy atom. The minimum Gasteiger partial charge on any atom is -0.507 e. The Morgan fingerprint density at radius 3 is 2.55 bits per heavy atom. The van der Waals surface area contributed by atoms with Crippen molar-refractivity contribution in [2.75, 3.05) is 26.2 Å². The van der Waals surface area contributed by atoms with Crippen molar-refractivity contribution in [3.05, 3.63) is 101 Å². The third-order valence-electron chi connectivity index (χ3n) is 7.68. The molecule has 0 aromatic heterocycles. The zero-order chi connectivity index (χ0) is 28.2. The van der Waals surface area contributed by atoms with Crippen LogP contribution in [0.3, 0.4) is 0 Å². The lowest BCUT2D eigenvalue weighted by molar-refractivity contribution is -0.140. The maximum Gasteiger partial charge on any atom is 0.295 e. The monoisotopic (exact) mass is 540 g/mol. The standard InChI is InChI=1S/C33H36N2O5/c1-4-34(5-2)16-17-35-30(24-12-9-13-27(20-24)39-21-23-10-7-6-8-11-23)29(32(37)33(35)38)31(36)25-14-15-28-26(19-25)18-22(3)40-28/h6-15,19-20,22,30,36H,4-5,16-18,21H2,1-3H3/b31-29-. The third kappa shape index (κ3) is 5.61. The van der Waals surface area contributed by atoms with Crippen LogP contribution < -0.4 is 9.47 Å². The van der Waals surface area contributed by atoms with Crippen LogP contribution in [0.2, 0.25) is 0 Å². The SMILES string of the molecule is CCN(CC)CCN1C(=O)C(=O)/C(=C(\O)c2ccc3c(c2)CC(C)O3)C1c1cccc(OCc2ccccc2)c1. The minimum atomic E-state index is -0.737. The first-order chi connectivity index (χ1) is 19.4. The highest BCUT2D eigenvalue weighted by molar-refractivity contribution is 6.46. The quantitative estimate of drug-likeness (QED) is 0.212. The maximum atomic E-state index is 13.5. The van der Waals surface area contributed by atoms with Crippen LogP contribution in [0, 0.1) is 0 Å². The van der Waals surface area contributed by atoms with Crippen molar-refractivity contribution in [3.63, 3.8) is 0 Å². The van der Waals surface area contributed by atoms with Crippen LogP contribution in [-0.2, 0) is 22.6 Å². The average Bonchev–Trinajstić information content (AvgIpc) is 3.47. The predicted molar refractivity (Wildman–Crippen MR) is 154 cm³/mol. The number of Topliss-reactive ketones (excluding diaryl/α,β-unsaturated/α-hetero) is 1. The van der Waals surface area contributed by atoms with E-state index in [4.69, 9.17) is 9.47 Å². The number of ether oxygens (including phenoxy) is 2. The van der Waals surface area contributed by atoms with Gasteiger partial charge < -0.3 is 24.4 Å². The Kier molecular flexibility index (Phi) is 8.21. The third-order valence-corrected chi connectivity index (χ3v) is 7.68. The van der Waals surface area contributed by atoms with E-state index in [1.54, 1.807) is 11.0 Å². The van der Waals surface area contributed by atoms with Gasteiger partial charge in [-0.2, -0.15) is 0 Å². The van der Waals surface area contributed by atoms with Gasteiger partial charge in [0.25, 0.3) is 11.7 Å². The van der Waals surface area contributed by atoms with E-state index in [-0.39, 0.29) is 17.4 Å². The van der Waals surface area contributed by atoms with Gasteiger partial charge in [0.2, 0.25) is 0 Å². The number of carbonyl (C=O) groups is 2. The summed E-state index contributed by atoms with van der Waals surface area (Å²) in [5.74, 6) is -0.0512. The Hall–Kier alpha value is -4.10. The topological polar surface area (TPSA) is 79.3 Å². The fourth-order valence-corrected chi connectivity index (χ4v) is 5.49. The summed E-state index contributed by atoms with van der Waals surface area (Å²) >= 11 is 0. The van der Waals surface area contributed by atoms with Crippen LogP contribution >= 0.6 is 0 Å². The molecule has 3 aromatic carbocycles. The molecule has 2 atom stereocenters. The van der Waals surface area contributed by atoms with Gasteiger partial charge in [-0.05, 0) is 67.0 Å². The van der Waals surface area contributed by atoms with E-state index in [9.17, 15) is 14.7 Å². The highest BCUT2D eigenvalue weighted by atomic mass is 16.5. The van der Waals surface area contributed by atoms with Gasteiger partial charge in [-0.3, -0.25) is 9.59 Å². The number of likely N-dealkylation sites (N-methyl/N-ethyl adjacent to an activating group) is 1. The number of ketones is 1. The normalized spacial score (nSPS) is 19.6. The van der Waals surface area contributed by atoms with Crippen LogP contribution in [0.25, 0.3) is 5.76 Å². The molecule has 2 aliphatic rings. The number of benzene rings is 3. The first-order valence-electron chi connectivity index (χ1n) is 14.0. The second-order valence-corrected chi connectivity index (χ2v) is 10.3. The average molecular weight is 541 g/mol. The smallest absolute Gasteiger partial charge is 0.295 e. The molecular weight excluding hydrogens is 504 g/mol. The molecular formula is C33H36N2O5. The van der Waals surface area contributed by atoms with Crippen molar-refractivity contribution in [2.24, 2.45) is 0 Å². The molecule has 5 rings (SSSR count). The number of carbonyl (C=O) groups excluding carboxylic acids is 2. The lowest BCUT2D eigenvalue weighted by Gasteiger charge is -2.28. The number of rotatable bonds is 10. The first kappa shape index (κ1) is 27.5. The van der Waals surface area contributed by atoms with Crippen molar-refractivity contribution < 1.29 is 24.2 Å². The Morgan fingerprint density at radius 1 is 1.02 bits per heavy atom. The van der Waals surface area contributed by atoms with Gasteiger partial charge >= 0.3 is 0 Å². The molecule has 0 aliphatic carbocycles. The largest absolute Gasteiger partial charge is 0.507 e. The zero-order valence-corrected chi connectivity index (χ0v) is 23.3. The summed E-state index contributed by atoms with van der Waals surface area (Å²) in [6, 6.07) is 22.0. The number of fused-ring (bicyclic) bond motifs is 1. The van der Waals surface area contributed by atoms with Crippen LogP contribution in [0.15, 0.2) is 78.4 Å². The molecule has 2 unspecified atom stereocenters. The number of aliphatic hydroxyl groups is 1. The molecule has 2 heterocycles. The fourth-order valence-electron chi connectivity index (χ4n) is 5.49. The Bertz CT molecular complexity index is 1410. The Balaban J connectivity index is 1.53. The van der Waals surface area contributed by atoms with Crippen LogP contribution in [0.5, 0.6) is 11.5 Å². The molecule has 7 nitrogen and oxygen atoms in total. The summed E-state index contributed by atoms with van der Waals surface area (Å²) in [5, 5.41) is 11.5. The first-order valence-corrected chi connectivity index (χ1v) is 14.0. The predicted octanol–water partition coefficient (Wildman–Crippen LogP) is 5.35. The number of hydrogen-bond acceptors (Lipinski definition) is 6. The molecule has 3 aromatic rings. The van der Waals surface area contributed by atoms with Crippen molar-refractivity contribution >= 4 is 17.4 Å². The highest BCUT2D eigenvalue weighted by Crippen LogP contribution is 2.41. The molecule has 2 aliphatic heterocycles. The number of hydrogen-bond donors (Lipinski definition) is 1. The molecule has 7 heteroatoms. The lowest BCUT2D eigenvalue weighted by atomic mass is 9.94. The van der Waals surface area contributed by atoms with E-state index in [0.29, 0.717) is 36.6 Å². The minimum absolute atomic E-state index is 0.0525. The van der Waals surface area contributed by atoms with Gasteiger partial charge in [0.05, 0.1) is 11.6 Å². The fraction of sp³-hybridized carbons (Fsp3) is 0.333. The summed E-state index contributed by atoms with van der Waals surface area (Å²) in [6.07, 6.45) is 0.774. The molecule has 0 radical (unpaired) electrons. The van der Waals surface area contributed by atoms with Gasteiger partial charge in [-0.15, -0.1) is 0 Å². The highest BCUT2D eigenvalue weighted by Gasteiger charge is 2.46. The van der Waals surface area contributed by atoms with Crippen molar-refractivity contribution in [1.29, 1.82) is 0 Å². The van der Waals surface area contributed by atoms with E-state index in [2.05, 4.69) is 18.7 Å². The number of amides is 1. The van der Waals surface area contributed by atoms with Gasteiger partial charge in [0.15, 0.2) is 0 Å². The van der Waals surface area contributed by atoms with Crippen molar-refractivity contribution in [2.45, 2.75) is 45.9 Å². The molecule has 0 spiro atoms. The van der Waals surface area contributed by atoms with Crippen LogP contribution in [-0.4, -0.2) is 58.9 Å². The number of nitrogens with zero attached hydrogens (tertiary/aromatic N) is 2. The van der Waals surface area contributed by atoms with E-state index in [1.165, 1.54) is 0 Å². The summed E-state index contributed by atoms with van der Waals surface area (Å²) in [5.41, 5.74) is 3.31. The second kappa shape index (κ2) is 12.0. The molecule has 1 N–H and O–H groups in total. The maximum absolute atomic E-state index is 13.5. The van der Waals surface area contributed by atoms with E-state index in [1.807, 2.05) is 73.7 Å². The number of aliphatic hydroxyl groups excluding tert-OH is 1. The van der Waals surface area contributed by atoms with Crippen LogP contribution in [0.1, 0.15) is 49.1 Å². The van der Waals surface area contributed by atoms with E-state index >= 15 is 0 Å². The lowest BCUT2D eigenvalue weighted by Crippen LogP contribution is -2.38. The molecule has 1 amide bonds. The molecule has 1 fully saturated rings. The summed E-state index contributed by atoms with van der Waals surface area (Å²) in [7, 11) is 0. The van der Waals surface area contributed by atoms with Crippen molar-refractivity contribution in [3.8, 4) is 11.5 Å². The molecule has 1 saturated heterocycles. The summed E-state index contributed by atoms with van der Waals surface area (Å²) in [6.45, 7) is 9.18.